The lowest BCUT2D eigenvalue weighted by atomic mass is 9.79. The van der Waals surface area contributed by atoms with Gasteiger partial charge in [-0.25, -0.2) is 0 Å². The topological polar surface area (TPSA) is 55.6 Å². The monoisotopic (exact) mass is 388 g/mol. The minimum absolute atomic E-state index is 0. The molecule has 2 aromatic rings. The summed E-state index contributed by atoms with van der Waals surface area (Å²) in [4.78, 5) is 14.8. The fourth-order valence-electron chi connectivity index (χ4n) is 3.42. The number of rotatable bonds is 4. The first-order chi connectivity index (χ1) is 12.3. The van der Waals surface area contributed by atoms with Gasteiger partial charge in [0.05, 0.1) is 0 Å². The Morgan fingerprint density at radius 3 is 2.67 bits per heavy atom. The molecule has 2 N–H and O–H groups in total. The number of hydrogen-bond donors (Lipinski definition) is 1. The summed E-state index contributed by atoms with van der Waals surface area (Å²) in [5.74, 6) is 0.760. The normalized spacial score (nSPS) is 18.5. The van der Waals surface area contributed by atoms with Crippen molar-refractivity contribution in [1.82, 2.24) is 4.90 Å². The molecule has 1 heterocycles. The van der Waals surface area contributed by atoms with Crippen molar-refractivity contribution in [3.05, 3.63) is 65.2 Å². The first-order valence-corrected chi connectivity index (χ1v) is 9.18. The van der Waals surface area contributed by atoms with Crippen molar-refractivity contribution in [2.24, 2.45) is 11.1 Å². The molecule has 0 aromatic heterocycles. The molecule has 1 unspecified atom stereocenters. The SMILES string of the molecule is Cc1cccc(COc2cccc(C(=O)N3CCC(N)C(C)(C)C3)c2)c1.Cl. The van der Waals surface area contributed by atoms with Crippen LogP contribution in [0, 0.1) is 12.3 Å². The van der Waals surface area contributed by atoms with Crippen LogP contribution in [0.1, 0.15) is 41.8 Å². The van der Waals surface area contributed by atoms with Crippen molar-refractivity contribution >= 4 is 18.3 Å². The van der Waals surface area contributed by atoms with Crippen molar-refractivity contribution in [3.8, 4) is 5.75 Å². The fourth-order valence-corrected chi connectivity index (χ4v) is 3.42. The third kappa shape index (κ3) is 5.24. The molecule has 0 saturated carbocycles. The van der Waals surface area contributed by atoms with E-state index in [4.69, 9.17) is 10.5 Å². The van der Waals surface area contributed by atoms with Crippen LogP contribution in [0.2, 0.25) is 0 Å². The highest BCUT2D eigenvalue weighted by Crippen LogP contribution is 2.29. The molecule has 0 spiro atoms. The van der Waals surface area contributed by atoms with Gasteiger partial charge in [-0.15, -0.1) is 12.4 Å². The zero-order chi connectivity index (χ0) is 18.7. The van der Waals surface area contributed by atoms with E-state index in [2.05, 4.69) is 32.9 Å². The maximum absolute atomic E-state index is 12.9. The number of carbonyl (C=O) groups excluding carboxylic acids is 1. The molecule has 146 valence electrons. The van der Waals surface area contributed by atoms with Crippen LogP contribution in [0.3, 0.4) is 0 Å². The van der Waals surface area contributed by atoms with Gasteiger partial charge in [-0.05, 0) is 42.5 Å². The number of nitrogens with two attached hydrogens (primary N) is 1. The van der Waals surface area contributed by atoms with E-state index in [1.165, 1.54) is 5.56 Å². The van der Waals surface area contributed by atoms with Gasteiger partial charge < -0.3 is 15.4 Å². The molecule has 1 aliphatic rings. The van der Waals surface area contributed by atoms with Crippen molar-refractivity contribution in [2.45, 2.75) is 39.8 Å². The van der Waals surface area contributed by atoms with Gasteiger partial charge in [0, 0.05) is 24.7 Å². The fraction of sp³-hybridized carbons (Fsp3) is 0.409. The number of carbonyl (C=O) groups is 1. The molecule has 1 amide bonds. The molecular weight excluding hydrogens is 360 g/mol. The Kier molecular flexibility index (Phi) is 6.90. The summed E-state index contributed by atoms with van der Waals surface area (Å²) < 4.78 is 5.89. The Labute approximate surface area is 168 Å². The first kappa shape index (κ1) is 21.3. The number of amides is 1. The summed E-state index contributed by atoms with van der Waals surface area (Å²) in [5.41, 5.74) is 9.12. The average molecular weight is 389 g/mol. The van der Waals surface area contributed by atoms with E-state index >= 15 is 0 Å². The highest BCUT2D eigenvalue weighted by Gasteiger charge is 2.35. The van der Waals surface area contributed by atoms with Gasteiger partial charge in [-0.3, -0.25) is 4.79 Å². The lowest BCUT2D eigenvalue weighted by Crippen LogP contribution is -2.53. The van der Waals surface area contributed by atoms with E-state index in [1.54, 1.807) is 0 Å². The maximum atomic E-state index is 12.9. The van der Waals surface area contributed by atoms with Gasteiger partial charge in [-0.1, -0.05) is 49.7 Å². The zero-order valence-corrected chi connectivity index (χ0v) is 17.1. The van der Waals surface area contributed by atoms with Crippen LogP contribution < -0.4 is 10.5 Å². The molecule has 1 fully saturated rings. The van der Waals surface area contributed by atoms with Gasteiger partial charge >= 0.3 is 0 Å². The smallest absolute Gasteiger partial charge is 0.254 e. The second-order valence-electron chi connectivity index (χ2n) is 7.92. The van der Waals surface area contributed by atoms with Crippen LogP contribution in [-0.2, 0) is 6.61 Å². The quantitative estimate of drug-likeness (QED) is 0.854. The van der Waals surface area contributed by atoms with Gasteiger partial charge in [0.2, 0.25) is 0 Å². The second-order valence-corrected chi connectivity index (χ2v) is 7.92. The van der Waals surface area contributed by atoms with Crippen LogP contribution in [0.25, 0.3) is 0 Å². The van der Waals surface area contributed by atoms with Gasteiger partial charge in [0.15, 0.2) is 0 Å². The van der Waals surface area contributed by atoms with Crippen LogP contribution in [-0.4, -0.2) is 29.9 Å². The molecule has 2 aromatic carbocycles. The van der Waals surface area contributed by atoms with Gasteiger partial charge in [0.1, 0.15) is 12.4 Å². The van der Waals surface area contributed by atoms with Gasteiger partial charge in [0.25, 0.3) is 5.91 Å². The standard InChI is InChI=1S/C22H28N2O2.ClH/c1-16-6-4-7-17(12-16)14-26-19-9-5-8-18(13-19)21(25)24-11-10-20(23)22(2,3)15-24;/h4-9,12-13,20H,10-11,14-15,23H2,1-3H3;1H. The second kappa shape index (κ2) is 8.77. The zero-order valence-electron chi connectivity index (χ0n) is 16.3. The molecule has 3 rings (SSSR count). The number of halogens is 1. The summed E-state index contributed by atoms with van der Waals surface area (Å²) in [5, 5.41) is 0. The number of hydrogen-bond acceptors (Lipinski definition) is 3. The Morgan fingerprint density at radius 2 is 1.96 bits per heavy atom. The minimum Gasteiger partial charge on any atom is -0.489 e. The molecule has 1 aliphatic heterocycles. The number of ether oxygens (including phenoxy) is 1. The number of benzene rings is 2. The van der Waals surface area contributed by atoms with E-state index in [0.717, 1.165) is 12.0 Å². The predicted octanol–water partition coefficient (Wildman–Crippen LogP) is 4.20. The lowest BCUT2D eigenvalue weighted by Gasteiger charge is -2.42. The molecule has 0 bridgehead atoms. The van der Waals surface area contributed by atoms with Crippen molar-refractivity contribution in [3.63, 3.8) is 0 Å². The predicted molar refractivity (Wildman–Crippen MR) is 111 cm³/mol. The molecule has 0 aliphatic carbocycles. The van der Waals surface area contributed by atoms with Crippen molar-refractivity contribution in [1.29, 1.82) is 0 Å². The molecule has 1 atom stereocenters. The van der Waals surface area contributed by atoms with E-state index in [-0.39, 0.29) is 29.8 Å². The molecule has 27 heavy (non-hydrogen) atoms. The number of nitrogens with zero attached hydrogens (tertiary/aromatic N) is 1. The van der Waals surface area contributed by atoms with Crippen LogP contribution >= 0.6 is 12.4 Å². The number of aryl methyl sites for hydroxylation is 1. The summed E-state index contributed by atoms with van der Waals surface area (Å²) in [6, 6.07) is 15.8. The maximum Gasteiger partial charge on any atom is 0.254 e. The average Bonchev–Trinajstić information content (AvgIpc) is 2.62. The number of likely N-dealkylation sites (tertiary alicyclic amines) is 1. The molecule has 1 saturated heterocycles. The van der Waals surface area contributed by atoms with Crippen molar-refractivity contribution < 1.29 is 9.53 Å². The van der Waals surface area contributed by atoms with E-state index in [0.29, 0.717) is 31.0 Å². The third-order valence-corrected chi connectivity index (χ3v) is 5.17. The Balaban J connectivity index is 0.00000261. The Morgan fingerprint density at radius 1 is 1.22 bits per heavy atom. The largest absolute Gasteiger partial charge is 0.489 e. The number of piperidine rings is 1. The first-order valence-electron chi connectivity index (χ1n) is 9.18. The lowest BCUT2D eigenvalue weighted by molar-refractivity contribution is 0.0532. The molecule has 5 heteroatoms. The van der Waals surface area contributed by atoms with Crippen LogP contribution in [0.5, 0.6) is 5.75 Å². The van der Waals surface area contributed by atoms with Crippen molar-refractivity contribution in [2.75, 3.05) is 13.1 Å². The summed E-state index contributed by atoms with van der Waals surface area (Å²) in [7, 11) is 0. The van der Waals surface area contributed by atoms with E-state index in [1.807, 2.05) is 41.3 Å². The summed E-state index contributed by atoms with van der Waals surface area (Å²) >= 11 is 0. The molecule has 4 nitrogen and oxygen atoms in total. The van der Waals surface area contributed by atoms with E-state index < -0.39 is 0 Å². The molecule has 0 radical (unpaired) electrons. The highest BCUT2D eigenvalue weighted by atomic mass is 35.5. The minimum atomic E-state index is -0.0623. The third-order valence-electron chi connectivity index (χ3n) is 5.17. The van der Waals surface area contributed by atoms with Gasteiger partial charge in [-0.2, -0.15) is 0 Å². The summed E-state index contributed by atoms with van der Waals surface area (Å²) in [6.45, 7) is 8.19. The highest BCUT2D eigenvalue weighted by molar-refractivity contribution is 5.94. The van der Waals surface area contributed by atoms with E-state index in [9.17, 15) is 4.79 Å². The van der Waals surface area contributed by atoms with Crippen LogP contribution in [0.15, 0.2) is 48.5 Å². The van der Waals surface area contributed by atoms with Crippen LogP contribution in [0.4, 0.5) is 0 Å². The molecular formula is C22H29ClN2O2. The Bertz CT molecular complexity index is 791. The Hall–Kier alpha value is -2.04. The summed E-state index contributed by atoms with van der Waals surface area (Å²) in [6.07, 6.45) is 0.836.